The van der Waals surface area contributed by atoms with E-state index in [-0.39, 0.29) is 0 Å². The van der Waals surface area contributed by atoms with Gasteiger partial charge in [-0.15, -0.1) is 0 Å². The molecule has 0 bridgehead atoms. The molecule has 0 radical (unpaired) electrons. The van der Waals surface area contributed by atoms with Crippen molar-refractivity contribution < 1.29 is 4.74 Å². The normalized spacial score (nSPS) is 23.3. The molecule has 0 amide bonds. The van der Waals surface area contributed by atoms with Crippen molar-refractivity contribution in [3.05, 3.63) is 24.0 Å². The number of anilines is 1. The summed E-state index contributed by atoms with van der Waals surface area (Å²) in [6.07, 6.45) is 7.62. The third kappa shape index (κ3) is 2.65. The van der Waals surface area contributed by atoms with Gasteiger partial charge >= 0.3 is 0 Å². The summed E-state index contributed by atoms with van der Waals surface area (Å²) >= 11 is 0. The lowest BCUT2D eigenvalue weighted by Crippen LogP contribution is -2.33. The Hall–Kier alpha value is -1.13. The first-order valence-electron chi connectivity index (χ1n) is 6.81. The summed E-state index contributed by atoms with van der Waals surface area (Å²) in [5.74, 6) is 0. The standard InChI is InChI=1S/C14H21N3O/c1-17(13-5-7-18-10-13)14-9-15-6-4-11(14)8-16-12-2-3-12/h4,6,9,12-13,16H,2-3,5,7-8,10H2,1H3. The van der Waals surface area contributed by atoms with E-state index in [0.717, 1.165) is 32.2 Å². The maximum atomic E-state index is 5.47. The average Bonchev–Trinajstić information content (AvgIpc) is 3.08. The second-order valence-corrected chi connectivity index (χ2v) is 5.29. The van der Waals surface area contributed by atoms with E-state index in [4.69, 9.17) is 4.74 Å². The zero-order valence-corrected chi connectivity index (χ0v) is 10.9. The number of aromatic nitrogens is 1. The third-order valence-electron chi connectivity index (χ3n) is 3.88. The van der Waals surface area contributed by atoms with Crippen molar-refractivity contribution in [2.24, 2.45) is 0 Å². The third-order valence-corrected chi connectivity index (χ3v) is 3.88. The maximum Gasteiger partial charge on any atom is 0.0670 e. The predicted molar refractivity (Wildman–Crippen MR) is 71.7 cm³/mol. The van der Waals surface area contributed by atoms with E-state index in [2.05, 4.69) is 28.3 Å². The number of hydrogen-bond donors (Lipinski definition) is 1. The fourth-order valence-corrected chi connectivity index (χ4v) is 2.45. The van der Waals surface area contributed by atoms with Gasteiger partial charge in [-0.25, -0.2) is 0 Å². The SMILES string of the molecule is CN(c1cnccc1CNC1CC1)C1CCOC1. The van der Waals surface area contributed by atoms with Crippen molar-refractivity contribution in [1.29, 1.82) is 0 Å². The minimum atomic E-state index is 0.494. The lowest BCUT2D eigenvalue weighted by Gasteiger charge is -2.27. The van der Waals surface area contributed by atoms with Crippen molar-refractivity contribution in [2.45, 2.75) is 37.9 Å². The molecule has 0 aromatic carbocycles. The van der Waals surface area contributed by atoms with Crippen LogP contribution in [-0.2, 0) is 11.3 Å². The summed E-state index contributed by atoms with van der Waals surface area (Å²) in [7, 11) is 2.15. The van der Waals surface area contributed by atoms with Crippen LogP contribution >= 0.6 is 0 Å². The van der Waals surface area contributed by atoms with E-state index in [9.17, 15) is 0 Å². The van der Waals surface area contributed by atoms with E-state index < -0.39 is 0 Å². The molecule has 3 rings (SSSR count). The number of ether oxygens (including phenoxy) is 1. The Bertz CT molecular complexity index is 400. The molecule has 1 aromatic heterocycles. The van der Waals surface area contributed by atoms with Crippen molar-refractivity contribution in [3.63, 3.8) is 0 Å². The van der Waals surface area contributed by atoms with E-state index in [1.54, 1.807) is 0 Å². The summed E-state index contributed by atoms with van der Waals surface area (Å²) in [4.78, 5) is 6.59. The first-order chi connectivity index (χ1) is 8.84. The van der Waals surface area contributed by atoms with Gasteiger partial charge in [-0.05, 0) is 30.9 Å². The number of nitrogens with one attached hydrogen (secondary N) is 1. The summed E-state index contributed by atoms with van der Waals surface area (Å²) in [5, 5.41) is 3.57. The van der Waals surface area contributed by atoms with Crippen LogP contribution in [0.25, 0.3) is 0 Å². The molecule has 1 aliphatic heterocycles. The number of pyridine rings is 1. The maximum absolute atomic E-state index is 5.47. The number of likely N-dealkylation sites (N-methyl/N-ethyl adjacent to an activating group) is 1. The Morgan fingerprint density at radius 1 is 1.44 bits per heavy atom. The molecule has 2 heterocycles. The van der Waals surface area contributed by atoms with Gasteiger partial charge in [0.15, 0.2) is 0 Å². The zero-order valence-electron chi connectivity index (χ0n) is 10.9. The molecule has 18 heavy (non-hydrogen) atoms. The molecule has 1 atom stereocenters. The number of nitrogens with zero attached hydrogens (tertiary/aromatic N) is 2. The summed E-state index contributed by atoms with van der Waals surface area (Å²) in [6.45, 7) is 2.66. The Kier molecular flexibility index (Phi) is 3.48. The van der Waals surface area contributed by atoms with Gasteiger partial charge in [-0.2, -0.15) is 0 Å². The van der Waals surface area contributed by atoms with Crippen molar-refractivity contribution in [2.75, 3.05) is 25.2 Å². The second-order valence-electron chi connectivity index (χ2n) is 5.29. The van der Waals surface area contributed by atoms with Gasteiger partial charge in [-0.1, -0.05) is 0 Å². The smallest absolute Gasteiger partial charge is 0.0670 e. The van der Waals surface area contributed by atoms with Gasteiger partial charge in [-0.3, -0.25) is 4.98 Å². The number of hydrogen-bond acceptors (Lipinski definition) is 4. The molecule has 1 saturated carbocycles. The fourth-order valence-electron chi connectivity index (χ4n) is 2.45. The monoisotopic (exact) mass is 247 g/mol. The molecular formula is C14H21N3O. The van der Waals surface area contributed by atoms with Gasteiger partial charge in [0, 0.05) is 32.4 Å². The molecule has 1 aromatic rings. The molecule has 4 nitrogen and oxygen atoms in total. The lowest BCUT2D eigenvalue weighted by molar-refractivity contribution is 0.193. The molecule has 1 aliphatic carbocycles. The molecule has 0 spiro atoms. The summed E-state index contributed by atoms with van der Waals surface area (Å²) in [6, 6.07) is 3.36. The molecule has 1 N–H and O–H groups in total. The highest BCUT2D eigenvalue weighted by molar-refractivity contribution is 5.52. The van der Waals surface area contributed by atoms with Crippen LogP contribution in [-0.4, -0.2) is 37.3 Å². The van der Waals surface area contributed by atoms with Crippen LogP contribution in [0.15, 0.2) is 18.5 Å². The molecule has 1 unspecified atom stereocenters. The minimum Gasteiger partial charge on any atom is -0.379 e. The average molecular weight is 247 g/mol. The van der Waals surface area contributed by atoms with E-state index in [0.29, 0.717) is 6.04 Å². The van der Waals surface area contributed by atoms with Crippen molar-refractivity contribution >= 4 is 5.69 Å². The summed E-state index contributed by atoms with van der Waals surface area (Å²) in [5.41, 5.74) is 2.58. The Morgan fingerprint density at radius 2 is 2.33 bits per heavy atom. The molecule has 98 valence electrons. The van der Waals surface area contributed by atoms with Crippen LogP contribution in [0, 0.1) is 0 Å². The highest BCUT2D eigenvalue weighted by Gasteiger charge is 2.24. The van der Waals surface area contributed by atoms with Gasteiger partial charge < -0.3 is 15.0 Å². The molecule has 2 fully saturated rings. The highest BCUT2D eigenvalue weighted by Crippen LogP contribution is 2.25. The van der Waals surface area contributed by atoms with Crippen LogP contribution in [0.1, 0.15) is 24.8 Å². The second kappa shape index (κ2) is 5.24. The van der Waals surface area contributed by atoms with Crippen LogP contribution in [0.4, 0.5) is 5.69 Å². The van der Waals surface area contributed by atoms with Gasteiger partial charge in [0.2, 0.25) is 0 Å². The predicted octanol–water partition coefficient (Wildman–Crippen LogP) is 1.56. The van der Waals surface area contributed by atoms with Crippen LogP contribution in [0.3, 0.4) is 0 Å². The van der Waals surface area contributed by atoms with Crippen LogP contribution in [0.2, 0.25) is 0 Å². The Morgan fingerprint density at radius 3 is 3.06 bits per heavy atom. The topological polar surface area (TPSA) is 37.4 Å². The minimum absolute atomic E-state index is 0.494. The Balaban J connectivity index is 1.71. The highest BCUT2D eigenvalue weighted by atomic mass is 16.5. The van der Waals surface area contributed by atoms with E-state index >= 15 is 0 Å². The quantitative estimate of drug-likeness (QED) is 0.857. The largest absolute Gasteiger partial charge is 0.379 e. The van der Waals surface area contributed by atoms with E-state index in [1.165, 1.54) is 24.1 Å². The van der Waals surface area contributed by atoms with Crippen molar-refractivity contribution in [1.82, 2.24) is 10.3 Å². The fraction of sp³-hybridized carbons (Fsp3) is 0.643. The molecule has 4 heteroatoms. The van der Waals surface area contributed by atoms with Crippen LogP contribution in [0.5, 0.6) is 0 Å². The van der Waals surface area contributed by atoms with Gasteiger partial charge in [0.1, 0.15) is 0 Å². The van der Waals surface area contributed by atoms with E-state index in [1.807, 2.05) is 12.4 Å². The summed E-state index contributed by atoms with van der Waals surface area (Å²) < 4.78 is 5.47. The van der Waals surface area contributed by atoms with Crippen LogP contribution < -0.4 is 10.2 Å². The molecule has 2 aliphatic rings. The number of rotatable bonds is 5. The molecular weight excluding hydrogens is 226 g/mol. The van der Waals surface area contributed by atoms with Crippen molar-refractivity contribution in [3.8, 4) is 0 Å². The zero-order chi connectivity index (χ0) is 12.4. The first-order valence-corrected chi connectivity index (χ1v) is 6.81. The van der Waals surface area contributed by atoms with Gasteiger partial charge in [0.05, 0.1) is 24.5 Å². The first kappa shape index (κ1) is 11.9. The lowest BCUT2D eigenvalue weighted by atomic mass is 10.1. The molecule has 1 saturated heterocycles. The van der Waals surface area contributed by atoms with Gasteiger partial charge in [0.25, 0.3) is 0 Å². The Labute approximate surface area is 108 Å².